The Morgan fingerprint density at radius 2 is 1.76 bits per heavy atom. The number of carbonyl (C=O) groups is 4. The molecule has 2 aromatic rings. The Balaban J connectivity index is 1.52. The number of carbonyl (C=O) groups excluding carboxylic acids is 4. The minimum atomic E-state index is -2.61. The largest absolute Gasteiger partial charge is 0.508 e. The van der Waals surface area contributed by atoms with Gasteiger partial charge in [-0.05, 0) is 53.6 Å². The standard InChI is InChI=1S/C29H28N2O10/c1-40-8-9-41-28(38)31-16-4-2-13(3-5-16)17-6-7-19(32)22-18(17)11-14-10-15-12-20(33)23(27(30)37)26(36)29(15,39)25(35)21(14)24(22)34/h2-7,14-15,32,34,36,39H,8-12H2,1H3,(H2,30,37)(H,31,38)/t14-,15+,29+/m1/s1. The van der Waals surface area contributed by atoms with Gasteiger partial charge in [-0.2, -0.15) is 0 Å². The zero-order valence-corrected chi connectivity index (χ0v) is 22.0. The molecule has 0 unspecified atom stereocenters. The zero-order chi connectivity index (χ0) is 29.6. The van der Waals surface area contributed by atoms with E-state index >= 15 is 0 Å². The number of hydrogen-bond acceptors (Lipinski definition) is 10. The molecule has 0 heterocycles. The molecule has 0 spiro atoms. The van der Waals surface area contributed by atoms with E-state index in [9.17, 15) is 39.6 Å². The molecule has 1 saturated carbocycles. The second-order valence-corrected chi connectivity index (χ2v) is 10.2. The van der Waals surface area contributed by atoms with Crippen LogP contribution in [0.25, 0.3) is 16.9 Å². The summed E-state index contributed by atoms with van der Waals surface area (Å²) in [7, 11) is 1.49. The Labute approximate surface area is 233 Å². The molecule has 0 bridgehead atoms. The maximum Gasteiger partial charge on any atom is 0.411 e. The van der Waals surface area contributed by atoms with Crippen LogP contribution in [0.5, 0.6) is 5.75 Å². The molecule has 7 N–H and O–H groups in total. The Morgan fingerprint density at radius 1 is 1.05 bits per heavy atom. The summed E-state index contributed by atoms with van der Waals surface area (Å²) in [5, 5.41) is 46.6. The molecule has 3 aliphatic rings. The van der Waals surface area contributed by atoms with Gasteiger partial charge in [0.05, 0.1) is 12.2 Å². The number of primary amides is 1. The average Bonchev–Trinajstić information content (AvgIpc) is 2.91. The van der Waals surface area contributed by atoms with Crippen molar-refractivity contribution in [1.82, 2.24) is 0 Å². The van der Waals surface area contributed by atoms with Crippen molar-refractivity contribution >= 4 is 35.0 Å². The number of rotatable bonds is 6. The van der Waals surface area contributed by atoms with E-state index in [1.165, 1.54) is 13.2 Å². The molecule has 41 heavy (non-hydrogen) atoms. The highest BCUT2D eigenvalue weighted by molar-refractivity contribution is 6.22. The lowest BCUT2D eigenvalue weighted by Gasteiger charge is -2.46. The summed E-state index contributed by atoms with van der Waals surface area (Å²) in [6.45, 7) is 0.355. The molecular weight excluding hydrogens is 536 g/mol. The van der Waals surface area contributed by atoms with E-state index in [2.05, 4.69) is 5.32 Å². The highest BCUT2D eigenvalue weighted by atomic mass is 16.6. The zero-order valence-electron chi connectivity index (χ0n) is 22.0. The van der Waals surface area contributed by atoms with Gasteiger partial charge in [-0.1, -0.05) is 18.2 Å². The number of phenolic OH excluding ortho intramolecular Hbond substituents is 1. The molecule has 5 rings (SSSR count). The molecule has 12 nitrogen and oxygen atoms in total. The SMILES string of the molecule is COCCOC(=O)Nc1ccc(-c2ccc(O)c3c2C[C@H]2C[C@H]4CC(=O)C(C(N)=O)=C(O)[C@@]4(O)C(=O)C2=C3O)cc1. The maximum atomic E-state index is 13.6. The van der Waals surface area contributed by atoms with Gasteiger partial charge in [-0.25, -0.2) is 4.79 Å². The van der Waals surface area contributed by atoms with E-state index in [0.717, 1.165) is 0 Å². The second-order valence-electron chi connectivity index (χ2n) is 10.2. The average molecular weight is 565 g/mol. The Morgan fingerprint density at radius 3 is 2.41 bits per heavy atom. The van der Waals surface area contributed by atoms with Crippen molar-refractivity contribution in [2.45, 2.75) is 24.9 Å². The van der Waals surface area contributed by atoms with E-state index in [1.807, 2.05) is 0 Å². The molecule has 3 aliphatic carbocycles. The van der Waals surface area contributed by atoms with Crippen LogP contribution in [0.4, 0.5) is 10.5 Å². The smallest absolute Gasteiger partial charge is 0.411 e. The number of methoxy groups -OCH3 is 1. The lowest BCUT2D eigenvalue weighted by atomic mass is 9.59. The van der Waals surface area contributed by atoms with Crippen molar-refractivity contribution in [3.05, 3.63) is 64.4 Å². The third-order valence-electron chi connectivity index (χ3n) is 7.91. The van der Waals surface area contributed by atoms with Crippen molar-refractivity contribution in [2.75, 3.05) is 25.6 Å². The van der Waals surface area contributed by atoms with E-state index < -0.39 is 64.5 Å². The van der Waals surface area contributed by atoms with Gasteiger partial charge in [0, 0.05) is 30.7 Å². The number of ketones is 2. The second kappa shape index (κ2) is 10.4. The Kier molecular flexibility index (Phi) is 7.05. The molecule has 2 aromatic carbocycles. The van der Waals surface area contributed by atoms with Gasteiger partial charge in [-0.3, -0.25) is 19.7 Å². The van der Waals surface area contributed by atoms with Gasteiger partial charge in [0.2, 0.25) is 5.78 Å². The van der Waals surface area contributed by atoms with Crippen molar-refractivity contribution in [3.63, 3.8) is 0 Å². The molecule has 12 heteroatoms. The molecular formula is C29H28N2O10. The van der Waals surface area contributed by atoms with Gasteiger partial charge in [0.1, 0.15) is 29.4 Å². The van der Waals surface area contributed by atoms with E-state index in [4.69, 9.17) is 15.2 Å². The fourth-order valence-corrected chi connectivity index (χ4v) is 6.00. The number of anilines is 1. The van der Waals surface area contributed by atoms with Crippen LogP contribution >= 0.6 is 0 Å². The summed E-state index contributed by atoms with van der Waals surface area (Å²) < 4.78 is 9.83. The number of hydrogen-bond donors (Lipinski definition) is 6. The summed E-state index contributed by atoms with van der Waals surface area (Å²) in [6, 6.07) is 9.78. The minimum Gasteiger partial charge on any atom is -0.508 e. The van der Waals surface area contributed by atoms with Crippen LogP contribution in [-0.2, 0) is 30.3 Å². The number of Topliss-reactive ketones (excluding diaryl/α,β-unsaturated/α-hetero) is 2. The number of amides is 2. The minimum absolute atomic E-state index is 0.00134. The first-order valence-electron chi connectivity index (χ1n) is 12.8. The quantitative estimate of drug-likeness (QED) is 0.223. The summed E-state index contributed by atoms with van der Waals surface area (Å²) in [5.41, 5.74) is 3.90. The third-order valence-corrected chi connectivity index (χ3v) is 7.91. The first-order valence-corrected chi connectivity index (χ1v) is 12.8. The molecule has 0 radical (unpaired) electrons. The highest BCUT2D eigenvalue weighted by Crippen LogP contribution is 2.53. The molecule has 0 aliphatic heterocycles. The first kappa shape index (κ1) is 27.9. The third kappa shape index (κ3) is 4.50. The van der Waals surface area contributed by atoms with E-state index in [1.54, 1.807) is 30.3 Å². The molecule has 1 fully saturated rings. The predicted octanol–water partition coefficient (Wildman–Crippen LogP) is 2.29. The van der Waals surface area contributed by atoms with Crippen molar-refractivity contribution in [3.8, 4) is 16.9 Å². The van der Waals surface area contributed by atoms with Gasteiger partial charge < -0.3 is 35.6 Å². The Bertz CT molecular complexity index is 1540. The number of aliphatic hydroxyl groups is 3. The highest BCUT2D eigenvalue weighted by Gasteiger charge is 2.60. The van der Waals surface area contributed by atoms with Crippen LogP contribution in [0.3, 0.4) is 0 Å². The summed E-state index contributed by atoms with van der Waals surface area (Å²) in [4.78, 5) is 49.9. The number of fused-ring (bicyclic) bond motifs is 3. The monoisotopic (exact) mass is 564 g/mol. The van der Waals surface area contributed by atoms with Crippen LogP contribution in [0.15, 0.2) is 53.3 Å². The molecule has 0 saturated heterocycles. The van der Waals surface area contributed by atoms with Crippen LogP contribution in [-0.4, -0.2) is 69.9 Å². The first-order chi connectivity index (χ1) is 19.5. The maximum absolute atomic E-state index is 13.6. The lowest BCUT2D eigenvalue weighted by Crippen LogP contribution is -2.58. The number of aliphatic hydroxyl groups excluding tert-OH is 2. The van der Waals surface area contributed by atoms with Crippen LogP contribution in [0.1, 0.15) is 24.0 Å². The van der Waals surface area contributed by atoms with Crippen molar-refractivity contribution in [1.29, 1.82) is 0 Å². The number of aromatic hydroxyl groups is 1. The lowest BCUT2D eigenvalue weighted by molar-refractivity contribution is -0.147. The van der Waals surface area contributed by atoms with Crippen LogP contribution < -0.4 is 11.1 Å². The predicted molar refractivity (Wildman–Crippen MR) is 144 cm³/mol. The Hall–Kier alpha value is -4.68. The van der Waals surface area contributed by atoms with Gasteiger partial charge in [-0.15, -0.1) is 0 Å². The fraction of sp³-hybridized carbons (Fsp3) is 0.310. The van der Waals surface area contributed by atoms with Crippen LogP contribution in [0, 0.1) is 11.8 Å². The summed E-state index contributed by atoms with van der Waals surface area (Å²) in [6.07, 6.45) is -0.834. The number of benzene rings is 2. The van der Waals surface area contributed by atoms with Gasteiger partial charge >= 0.3 is 6.09 Å². The molecule has 214 valence electrons. The normalized spacial score (nSPS) is 23.5. The van der Waals surface area contributed by atoms with Crippen molar-refractivity contribution in [2.24, 2.45) is 17.6 Å². The topological polar surface area (TPSA) is 206 Å². The van der Waals surface area contributed by atoms with Gasteiger partial charge in [0.15, 0.2) is 11.4 Å². The number of nitrogens with two attached hydrogens (primary N) is 1. The molecule has 3 atom stereocenters. The van der Waals surface area contributed by atoms with Crippen molar-refractivity contribution < 1.29 is 49.1 Å². The number of ether oxygens (including phenoxy) is 2. The molecule has 2 amide bonds. The number of phenols is 1. The number of nitrogens with one attached hydrogen (secondary N) is 1. The van der Waals surface area contributed by atoms with Gasteiger partial charge in [0.25, 0.3) is 5.91 Å². The van der Waals surface area contributed by atoms with E-state index in [-0.39, 0.29) is 42.9 Å². The molecule has 0 aromatic heterocycles. The summed E-state index contributed by atoms with van der Waals surface area (Å²) >= 11 is 0. The summed E-state index contributed by atoms with van der Waals surface area (Å²) in [5.74, 6) is -6.79. The fourth-order valence-electron chi connectivity index (χ4n) is 6.00. The van der Waals surface area contributed by atoms with E-state index in [0.29, 0.717) is 22.4 Å². The van der Waals surface area contributed by atoms with Crippen LogP contribution in [0.2, 0.25) is 0 Å².